The maximum absolute atomic E-state index is 12.8. The summed E-state index contributed by atoms with van der Waals surface area (Å²) in [5.41, 5.74) is 0.907. The molecular formula is C18H19NO3S2. The first-order valence-corrected chi connectivity index (χ1v) is 10.5. The van der Waals surface area contributed by atoms with Gasteiger partial charge in [-0.2, -0.15) is 0 Å². The summed E-state index contributed by atoms with van der Waals surface area (Å²) in [6.07, 6.45) is 0.492. The summed E-state index contributed by atoms with van der Waals surface area (Å²) in [5.74, 6) is 0.0490. The Morgan fingerprint density at radius 3 is 2.25 bits per heavy atom. The van der Waals surface area contributed by atoms with Gasteiger partial charge in [-0.1, -0.05) is 48.5 Å². The van der Waals surface area contributed by atoms with Crippen LogP contribution in [0.1, 0.15) is 17.2 Å². The fourth-order valence-corrected chi connectivity index (χ4v) is 5.45. The van der Waals surface area contributed by atoms with Gasteiger partial charge in [-0.3, -0.25) is 4.79 Å². The summed E-state index contributed by atoms with van der Waals surface area (Å²) in [4.78, 5) is 13.8. The fraction of sp³-hybridized carbons (Fsp3) is 0.278. The Morgan fingerprint density at radius 2 is 1.67 bits per heavy atom. The molecule has 24 heavy (non-hydrogen) atoms. The van der Waals surface area contributed by atoms with Crippen molar-refractivity contribution in [3.8, 4) is 0 Å². The van der Waals surface area contributed by atoms with Gasteiger partial charge in [0.1, 0.15) is 5.25 Å². The molecule has 0 unspecified atom stereocenters. The number of thioether (sulfide) groups is 1. The molecule has 0 radical (unpaired) electrons. The molecule has 1 N–H and O–H groups in total. The normalized spacial score (nSPS) is 20.4. The summed E-state index contributed by atoms with van der Waals surface area (Å²) >= 11 is 1.47. The van der Waals surface area contributed by atoms with Crippen molar-refractivity contribution in [3.63, 3.8) is 0 Å². The van der Waals surface area contributed by atoms with Gasteiger partial charge in [-0.15, -0.1) is 11.8 Å². The second-order valence-electron chi connectivity index (χ2n) is 5.83. The molecule has 0 aliphatic carbocycles. The van der Waals surface area contributed by atoms with E-state index in [0.717, 1.165) is 10.5 Å². The van der Waals surface area contributed by atoms with Crippen molar-refractivity contribution in [1.82, 2.24) is 5.32 Å². The zero-order valence-electron chi connectivity index (χ0n) is 13.1. The van der Waals surface area contributed by atoms with Crippen molar-refractivity contribution >= 4 is 27.5 Å². The minimum atomic E-state index is -3.01. The van der Waals surface area contributed by atoms with E-state index < -0.39 is 15.1 Å². The van der Waals surface area contributed by atoms with Crippen LogP contribution in [0.4, 0.5) is 0 Å². The molecule has 1 fully saturated rings. The maximum Gasteiger partial charge on any atom is 0.238 e. The Hall–Kier alpha value is -1.79. The SMILES string of the molecule is O=C(N[C@@H]1CCS(=O)(=O)C1)[C@@H](Sc1ccccc1)c1ccccc1. The average Bonchev–Trinajstić information content (AvgIpc) is 2.93. The molecule has 0 saturated carbocycles. The Kier molecular flexibility index (Phi) is 5.26. The number of nitrogens with one attached hydrogen (secondary N) is 1. The molecule has 1 amide bonds. The van der Waals surface area contributed by atoms with Crippen LogP contribution in [0.25, 0.3) is 0 Å². The Bertz CT molecular complexity index is 792. The molecule has 1 aliphatic heterocycles. The minimum Gasteiger partial charge on any atom is -0.351 e. The first kappa shape index (κ1) is 17.0. The van der Waals surface area contributed by atoms with E-state index >= 15 is 0 Å². The van der Waals surface area contributed by atoms with Crippen LogP contribution in [-0.4, -0.2) is 31.9 Å². The van der Waals surface area contributed by atoms with E-state index in [-0.39, 0.29) is 23.5 Å². The molecule has 2 atom stereocenters. The highest BCUT2D eigenvalue weighted by atomic mass is 32.2. The van der Waals surface area contributed by atoms with E-state index in [1.165, 1.54) is 11.8 Å². The van der Waals surface area contributed by atoms with Crippen LogP contribution in [0.2, 0.25) is 0 Å². The molecule has 1 heterocycles. The molecule has 2 aromatic carbocycles. The first-order valence-electron chi connectivity index (χ1n) is 7.81. The molecule has 6 heteroatoms. The van der Waals surface area contributed by atoms with Crippen molar-refractivity contribution in [2.24, 2.45) is 0 Å². The van der Waals surface area contributed by atoms with Gasteiger partial charge in [0, 0.05) is 10.9 Å². The number of amides is 1. The van der Waals surface area contributed by atoms with E-state index in [1.54, 1.807) is 0 Å². The third-order valence-corrected chi connectivity index (χ3v) is 6.95. The van der Waals surface area contributed by atoms with Crippen LogP contribution in [-0.2, 0) is 14.6 Å². The molecule has 0 aromatic heterocycles. The van der Waals surface area contributed by atoms with Crippen molar-refractivity contribution in [2.45, 2.75) is 22.6 Å². The number of hydrogen-bond acceptors (Lipinski definition) is 4. The molecule has 1 saturated heterocycles. The number of rotatable bonds is 5. The van der Waals surface area contributed by atoms with E-state index in [1.807, 2.05) is 60.7 Å². The lowest BCUT2D eigenvalue weighted by Gasteiger charge is -2.19. The minimum absolute atomic E-state index is 0.0379. The number of benzene rings is 2. The monoisotopic (exact) mass is 361 g/mol. The largest absolute Gasteiger partial charge is 0.351 e. The van der Waals surface area contributed by atoms with Crippen LogP contribution in [0.3, 0.4) is 0 Å². The quantitative estimate of drug-likeness (QED) is 0.832. The Labute approximate surface area is 146 Å². The van der Waals surface area contributed by atoms with Crippen LogP contribution < -0.4 is 5.32 Å². The summed E-state index contributed by atoms with van der Waals surface area (Å²) in [6, 6.07) is 19.0. The van der Waals surface area contributed by atoms with Gasteiger partial charge in [0.2, 0.25) is 5.91 Å². The van der Waals surface area contributed by atoms with E-state index in [9.17, 15) is 13.2 Å². The topological polar surface area (TPSA) is 63.2 Å². The highest BCUT2D eigenvalue weighted by Gasteiger charge is 2.31. The maximum atomic E-state index is 12.8. The fourth-order valence-electron chi connectivity index (χ4n) is 2.72. The van der Waals surface area contributed by atoms with Crippen LogP contribution in [0, 0.1) is 0 Å². The predicted molar refractivity (Wildman–Crippen MR) is 96.7 cm³/mol. The van der Waals surface area contributed by atoms with Gasteiger partial charge in [-0.25, -0.2) is 8.42 Å². The second kappa shape index (κ2) is 7.40. The van der Waals surface area contributed by atoms with Crippen molar-refractivity contribution in [1.29, 1.82) is 0 Å². The third kappa shape index (κ3) is 4.39. The second-order valence-corrected chi connectivity index (χ2v) is 9.24. The highest BCUT2D eigenvalue weighted by molar-refractivity contribution is 8.00. The van der Waals surface area contributed by atoms with Gasteiger partial charge in [0.15, 0.2) is 9.84 Å². The molecule has 3 rings (SSSR count). The predicted octanol–water partition coefficient (Wildman–Crippen LogP) is 2.82. The molecule has 0 bridgehead atoms. The lowest BCUT2D eigenvalue weighted by molar-refractivity contribution is -0.121. The summed E-state index contributed by atoms with van der Waals surface area (Å²) in [7, 11) is -3.01. The van der Waals surface area contributed by atoms with Gasteiger partial charge in [-0.05, 0) is 24.1 Å². The lowest BCUT2D eigenvalue weighted by atomic mass is 10.1. The lowest BCUT2D eigenvalue weighted by Crippen LogP contribution is -2.38. The number of carbonyl (C=O) groups is 1. The molecule has 2 aromatic rings. The molecule has 126 valence electrons. The van der Waals surface area contributed by atoms with Crippen LogP contribution in [0.15, 0.2) is 65.6 Å². The average molecular weight is 361 g/mol. The van der Waals surface area contributed by atoms with Gasteiger partial charge < -0.3 is 5.32 Å². The molecular weight excluding hydrogens is 342 g/mol. The van der Waals surface area contributed by atoms with Crippen molar-refractivity contribution in [3.05, 3.63) is 66.2 Å². The van der Waals surface area contributed by atoms with E-state index in [0.29, 0.717) is 6.42 Å². The number of hydrogen-bond donors (Lipinski definition) is 1. The zero-order valence-corrected chi connectivity index (χ0v) is 14.7. The third-order valence-electron chi connectivity index (χ3n) is 3.92. The van der Waals surface area contributed by atoms with Gasteiger partial charge in [0.25, 0.3) is 0 Å². The number of sulfone groups is 1. The summed E-state index contributed by atoms with van der Waals surface area (Å²) < 4.78 is 23.2. The molecule has 0 spiro atoms. The van der Waals surface area contributed by atoms with Crippen LogP contribution in [0.5, 0.6) is 0 Å². The van der Waals surface area contributed by atoms with E-state index in [4.69, 9.17) is 0 Å². The molecule has 4 nitrogen and oxygen atoms in total. The summed E-state index contributed by atoms with van der Waals surface area (Å²) in [6.45, 7) is 0. The van der Waals surface area contributed by atoms with Crippen molar-refractivity contribution in [2.75, 3.05) is 11.5 Å². The van der Waals surface area contributed by atoms with Crippen molar-refractivity contribution < 1.29 is 13.2 Å². The zero-order chi connectivity index (χ0) is 17.0. The Morgan fingerprint density at radius 1 is 1.04 bits per heavy atom. The highest BCUT2D eigenvalue weighted by Crippen LogP contribution is 2.35. The summed E-state index contributed by atoms with van der Waals surface area (Å²) in [5, 5.41) is 2.51. The van der Waals surface area contributed by atoms with E-state index in [2.05, 4.69) is 5.32 Å². The standard InChI is InChI=1S/C18H19NO3S2/c20-18(19-15-11-12-24(21,22)13-15)17(14-7-3-1-4-8-14)23-16-9-5-2-6-10-16/h1-10,15,17H,11-13H2,(H,19,20)/t15-,17+/m1/s1. The molecule has 1 aliphatic rings. The number of carbonyl (C=O) groups excluding carboxylic acids is 1. The first-order chi connectivity index (χ1) is 11.5. The van der Waals surface area contributed by atoms with Gasteiger partial charge in [0.05, 0.1) is 11.5 Å². The van der Waals surface area contributed by atoms with Gasteiger partial charge >= 0.3 is 0 Å². The Balaban J connectivity index is 1.78. The smallest absolute Gasteiger partial charge is 0.238 e. The van der Waals surface area contributed by atoms with Crippen LogP contribution >= 0.6 is 11.8 Å².